The molecule has 0 saturated carbocycles. The normalized spacial score (nSPS) is 11.8. The van der Waals surface area contributed by atoms with Gasteiger partial charge in [0.2, 0.25) is 11.8 Å². The minimum atomic E-state index is -0.538. The Hall–Kier alpha value is -4.67. The van der Waals surface area contributed by atoms with Crippen LogP contribution in [0.4, 0.5) is 11.4 Å². The van der Waals surface area contributed by atoms with Crippen LogP contribution >= 0.6 is 23.1 Å². The smallest absolute Gasteiger partial charge is 0.272 e. The molecule has 4 amide bonds. The molecule has 1 atom stereocenters. The Bertz CT molecular complexity index is 1550. The maximum absolute atomic E-state index is 13.3. The van der Waals surface area contributed by atoms with Crippen molar-refractivity contribution in [3.8, 4) is 0 Å². The van der Waals surface area contributed by atoms with E-state index >= 15 is 0 Å². The molecule has 1 aromatic heterocycles. The Labute approximate surface area is 246 Å². The van der Waals surface area contributed by atoms with Crippen molar-refractivity contribution >= 4 is 64.2 Å². The molecule has 208 valence electrons. The van der Waals surface area contributed by atoms with Crippen molar-refractivity contribution in [2.45, 2.75) is 23.5 Å². The Kier molecular flexibility index (Phi) is 10.1. The molecule has 5 N–H and O–H groups in total. The van der Waals surface area contributed by atoms with Gasteiger partial charge in [-0.25, -0.2) is 0 Å². The fraction of sp³-hybridized carbons (Fsp3) is 0.0968. The van der Waals surface area contributed by atoms with Crippen molar-refractivity contribution in [1.82, 2.24) is 5.32 Å². The molecule has 0 spiro atoms. The Morgan fingerprint density at radius 2 is 1.63 bits per heavy atom. The average molecular weight is 585 g/mol. The average Bonchev–Trinajstić information content (AvgIpc) is 3.49. The summed E-state index contributed by atoms with van der Waals surface area (Å²) in [5.41, 5.74) is 8.03. The van der Waals surface area contributed by atoms with E-state index in [-0.39, 0.29) is 11.6 Å². The molecule has 0 aliphatic heterocycles. The first-order chi connectivity index (χ1) is 19.8. The number of thiophene rings is 1. The third-order valence-electron chi connectivity index (χ3n) is 5.85. The van der Waals surface area contributed by atoms with Gasteiger partial charge in [0.1, 0.15) is 5.70 Å². The van der Waals surface area contributed by atoms with Crippen molar-refractivity contribution in [2.75, 3.05) is 10.6 Å². The number of carbonyl (C=O) groups excluding carboxylic acids is 4. The van der Waals surface area contributed by atoms with Crippen molar-refractivity contribution in [3.05, 3.63) is 118 Å². The summed E-state index contributed by atoms with van der Waals surface area (Å²) >= 11 is 2.85. The lowest BCUT2D eigenvalue weighted by Crippen LogP contribution is -2.30. The third-order valence-corrected chi connectivity index (χ3v) is 7.91. The van der Waals surface area contributed by atoms with Gasteiger partial charge in [-0.15, -0.1) is 11.8 Å². The van der Waals surface area contributed by atoms with Crippen LogP contribution in [0.2, 0.25) is 0 Å². The number of amides is 4. The van der Waals surface area contributed by atoms with Crippen LogP contribution in [-0.2, 0) is 9.59 Å². The predicted octanol–water partition coefficient (Wildman–Crippen LogP) is 5.77. The van der Waals surface area contributed by atoms with Gasteiger partial charge in [0.15, 0.2) is 0 Å². The summed E-state index contributed by atoms with van der Waals surface area (Å²) in [5.74, 6) is -1.60. The van der Waals surface area contributed by atoms with Crippen molar-refractivity contribution in [3.63, 3.8) is 0 Å². The van der Waals surface area contributed by atoms with Gasteiger partial charge in [-0.2, -0.15) is 11.3 Å². The zero-order chi connectivity index (χ0) is 29.2. The molecule has 1 heterocycles. The molecular formula is C31H28N4O4S2. The van der Waals surface area contributed by atoms with Crippen LogP contribution in [0.1, 0.15) is 39.6 Å². The molecule has 0 aliphatic rings. The molecular weight excluding hydrogens is 556 g/mol. The number of thioether (sulfide) groups is 1. The second kappa shape index (κ2) is 14.1. The van der Waals surface area contributed by atoms with E-state index in [1.54, 1.807) is 72.8 Å². The summed E-state index contributed by atoms with van der Waals surface area (Å²) in [7, 11) is 0. The van der Waals surface area contributed by atoms with Crippen molar-refractivity contribution < 1.29 is 19.2 Å². The van der Waals surface area contributed by atoms with Gasteiger partial charge in [0.05, 0.1) is 5.25 Å². The number of hydrogen-bond donors (Lipinski definition) is 4. The van der Waals surface area contributed by atoms with Crippen LogP contribution in [0.25, 0.3) is 6.08 Å². The molecule has 0 radical (unpaired) electrons. The molecule has 4 rings (SSSR count). The summed E-state index contributed by atoms with van der Waals surface area (Å²) in [6.07, 6.45) is 2.18. The number of nitrogens with one attached hydrogen (secondary N) is 3. The monoisotopic (exact) mass is 584 g/mol. The van der Waals surface area contributed by atoms with Gasteiger partial charge in [-0.3, -0.25) is 19.2 Å². The first kappa shape index (κ1) is 29.3. The predicted molar refractivity (Wildman–Crippen MR) is 165 cm³/mol. The van der Waals surface area contributed by atoms with Crippen molar-refractivity contribution in [1.29, 1.82) is 0 Å². The molecule has 3 aromatic carbocycles. The lowest BCUT2D eigenvalue weighted by atomic mass is 10.2. The fourth-order valence-corrected chi connectivity index (χ4v) is 5.37. The molecule has 8 nitrogen and oxygen atoms in total. The minimum Gasteiger partial charge on any atom is -0.366 e. The number of benzene rings is 3. The first-order valence-corrected chi connectivity index (χ1v) is 14.5. The van der Waals surface area contributed by atoms with Crippen LogP contribution < -0.4 is 21.7 Å². The fourth-order valence-electron chi connectivity index (χ4n) is 3.74. The molecule has 0 bridgehead atoms. The van der Waals surface area contributed by atoms with Gasteiger partial charge in [-0.1, -0.05) is 31.2 Å². The summed E-state index contributed by atoms with van der Waals surface area (Å²) in [6.45, 7) is 1.91. The van der Waals surface area contributed by atoms with E-state index in [1.807, 2.05) is 35.9 Å². The quantitative estimate of drug-likeness (QED) is 0.131. The first-order valence-electron chi connectivity index (χ1n) is 12.7. The molecule has 4 aromatic rings. The molecule has 0 fully saturated rings. The van der Waals surface area contributed by atoms with Crippen molar-refractivity contribution in [2.24, 2.45) is 5.73 Å². The summed E-state index contributed by atoms with van der Waals surface area (Å²) in [6, 6.07) is 24.1. The van der Waals surface area contributed by atoms with Gasteiger partial charge in [-0.05, 0) is 89.5 Å². The largest absolute Gasteiger partial charge is 0.366 e. The minimum absolute atomic E-state index is 0.100. The highest BCUT2D eigenvalue weighted by molar-refractivity contribution is 8.00. The molecule has 0 aliphatic carbocycles. The van der Waals surface area contributed by atoms with Gasteiger partial charge < -0.3 is 21.7 Å². The molecule has 41 heavy (non-hydrogen) atoms. The number of anilines is 2. The van der Waals surface area contributed by atoms with Crippen LogP contribution in [0.3, 0.4) is 0 Å². The van der Waals surface area contributed by atoms with E-state index in [0.29, 0.717) is 28.9 Å². The SMILES string of the molecule is CCC(Sc1cccc(NC(=O)/C(=C/c2ccsc2)NC(=O)c2ccccc2)c1)C(=O)Nc1ccc(C(N)=O)cc1. The standard InChI is InChI=1S/C31H28N4O4S2/c1-2-27(31(39)33-23-13-11-21(12-14-23)28(32)36)41-25-10-6-9-24(18-25)34-30(38)26(17-20-15-16-40-19-20)35-29(37)22-7-4-3-5-8-22/h3-19,27H,2H2,1H3,(H2,32,36)(H,33,39)(H,34,38)(H,35,37)/b26-17-. The summed E-state index contributed by atoms with van der Waals surface area (Å²) < 4.78 is 0. The lowest BCUT2D eigenvalue weighted by molar-refractivity contribution is -0.116. The molecule has 0 saturated heterocycles. The topological polar surface area (TPSA) is 130 Å². The van der Waals surface area contributed by atoms with Gasteiger partial charge in [0, 0.05) is 27.4 Å². The van der Waals surface area contributed by atoms with Crippen LogP contribution in [0.5, 0.6) is 0 Å². The Morgan fingerprint density at radius 3 is 2.29 bits per heavy atom. The maximum Gasteiger partial charge on any atom is 0.272 e. The summed E-state index contributed by atoms with van der Waals surface area (Å²) in [4.78, 5) is 51.1. The van der Waals surface area contributed by atoms with E-state index in [4.69, 9.17) is 5.73 Å². The van der Waals surface area contributed by atoms with E-state index in [0.717, 1.165) is 10.5 Å². The van der Waals surface area contributed by atoms with Crippen LogP contribution in [0.15, 0.2) is 106 Å². The van der Waals surface area contributed by atoms with E-state index in [2.05, 4.69) is 16.0 Å². The Balaban J connectivity index is 1.44. The van der Waals surface area contributed by atoms with E-state index in [1.165, 1.54) is 23.1 Å². The highest BCUT2D eigenvalue weighted by Crippen LogP contribution is 2.29. The zero-order valence-corrected chi connectivity index (χ0v) is 23.8. The van der Waals surface area contributed by atoms with E-state index < -0.39 is 23.0 Å². The highest BCUT2D eigenvalue weighted by atomic mass is 32.2. The summed E-state index contributed by atoms with van der Waals surface area (Å²) in [5, 5.41) is 11.8. The van der Waals surface area contributed by atoms with Crippen LogP contribution in [-0.4, -0.2) is 28.9 Å². The second-order valence-corrected chi connectivity index (χ2v) is 10.9. The number of primary amides is 1. The number of nitrogens with two attached hydrogens (primary N) is 1. The molecule has 1 unspecified atom stereocenters. The highest BCUT2D eigenvalue weighted by Gasteiger charge is 2.19. The molecule has 10 heteroatoms. The number of hydrogen-bond acceptors (Lipinski definition) is 6. The lowest BCUT2D eigenvalue weighted by Gasteiger charge is -2.16. The van der Waals surface area contributed by atoms with Crippen LogP contribution in [0, 0.1) is 0 Å². The Morgan fingerprint density at radius 1 is 0.878 bits per heavy atom. The van der Waals surface area contributed by atoms with E-state index in [9.17, 15) is 19.2 Å². The van der Waals surface area contributed by atoms with Gasteiger partial charge in [0.25, 0.3) is 11.8 Å². The third kappa shape index (κ3) is 8.41. The number of carbonyl (C=O) groups is 4. The second-order valence-electron chi connectivity index (χ2n) is 8.86. The van der Waals surface area contributed by atoms with Gasteiger partial charge >= 0.3 is 0 Å². The zero-order valence-electron chi connectivity index (χ0n) is 22.1. The number of rotatable bonds is 11. The maximum atomic E-state index is 13.3.